The standard InChI is InChI=1S/C19H18BrClN2O3/c1-12(26-16-4-2-3-14(20)11-16)17(24)22-23-18(25)19(9-10-19)13-5-7-15(21)8-6-13/h2-8,11-12H,9-10H2,1H3,(H,22,24)(H,23,25). The molecule has 2 aromatic carbocycles. The molecule has 2 N–H and O–H groups in total. The minimum Gasteiger partial charge on any atom is -0.481 e. The maximum absolute atomic E-state index is 12.5. The fourth-order valence-corrected chi connectivity index (χ4v) is 3.18. The lowest BCUT2D eigenvalue weighted by Crippen LogP contribution is -2.50. The Labute approximate surface area is 165 Å². The van der Waals surface area contributed by atoms with Gasteiger partial charge in [0.15, 0.2) is 6.10 Å². The second-order valence-electron chi connectivity index (χ2n) is 6.25. The van der Waals surface area contributed by atoms with Crippen molar-refractivity contribution in [2.24, 2.45) is 0 Å². The van der Waals surface area contributed by atoms with E-state index in [0.29, 0.717) is 10.8 Å². The zero-order valence-electron chi connectivity index (χ0n) is 14.1. The Bertz CT molecular complexity index is 822. The molecule has 136 valence electrons. The number of carbonyl (C=O) groups is 2. The van der Waals surface area contributed by atoms with Gasteiger partial charge in [0.25, 0.3) is 5.91 Å². The molecule has 26 heavy (non-hydrogen) atoms. The number of hydrogen-bond acceptors (Lipinski definition) is 3. The van der Waals surface area contributed by atoms with Gasteiger partial charge in [0.05, 0.1) is 5.41 Å². The second-order valence-corrected chi connectivity index (χ2v) is 7.60. The number of rotatable bonds is 5. The van der Waals surface area contributed by atoms with Gasteiger partial charge in [-0.2, -0.15) is 0 Å². The summed E-state index contributed by atoms with van der Waals surface area (Å²) in [4.78, 5) is 24.7. The van der Waals surface area contributed by atoms with E-state index in [-0.39, 0.29) is 5.91 Å². The molecule has 1 fully saturated rings. The molecular weight excluding hydrogens is 420 g/mol. The van der Waals surface area contributed by atoms with Crippen LogP contribution in [0.4, 0.5) is 0 Å². The Hall–Kier alpha value is -2.05. The van der Waals surface area contributed by atoms with Crippen LogP contribution in [0.2, 0.25) is 5.02 Å². The van der Waals surface area contributed by atoms with E-state index in [2.05, 4.69) is 26.8 Å². The van der Waals surface area contributed by atoms with Gasteiger partial charge < -0.3 is 4.74 Å². The van der Waals surface area contributed by atoms with Crippen LogP contribution in [0.25, 0.3) is 0 Å². The number of hydrazine groups is 1. The molecule has 2 amide bonds. The van der Waals surface area contributed by atoms with Crippen LogP contribution in [0.1, 0.15) is 25.3 Å². The molecule has 1 atom stereocenters. The van der Waals surface area contributed by atoms with Crippen LogP contribution in [0.3, 0.4) is 0 Å². The maximum atomic E-state index is 12.5. The maximum Gasteiger partial charge on any atom is 0.279 e. The fraction of sp³-hybridized carbons (Fsp3) is 0.263. The molecule has 0 saturated heterocycles. The third-order valence-electron chi connectivity index (χ3n) is 4.36. The topological polar surface area (TPSA) is 67.4 Å². The number of halogens is 2. The molecule has 0 radical (unpaired) electrons. The summed E-state index contributed by atoms with van der Waals surface area (Å²) in [5.74, 6) is -0.0961. The minimum absolute atomic E-state index is 0.233. The van der Waals surface area contributed by atoms with Gasteiger partial charge in [0.1, 0.15) is 5.75 Å². The van der Waals surface area contributed by atoms with Gasteiger partial charge in [-0.25, -0.2) is 0 Å². The molecule has 2 aromatic rings. The largest absolute Gasteiger partial charge is 0.481 e. The van der Waals surface area contributed by atoms with Gasteiger partial charge in [0, 0.05) is 9.50 Å². The Morgan fingerprint density at radius 3 is 2.46 bits per heavy atom. The zero-order chi connectivity index (χ0) is 18.7. The highest BCUT2D eigenvalue weighted by atomic mass is 79.9. The van der Waals surface area contributed by atoms with Crippen LogP contribution in [0.5, 0.6) is 5.75 Å². The summed E-state index contributed by atoms with van der Waals surface area (Å²) in [6.07, 6.45) is 0.719. The van der Waals surface area contributed by atoms with Gasteiger partial charge in [-0.3, -0.25) is 20.4 Å². The van der Waals surface area contributed by atoms with Gasteiger partial charge in [-0.1, -0.05) is 45.7 Å². The lowest BCUT2D eigenvalue weighted by Gasteiger charge is -2.18. The molecule has 1 aliphatic rings. The summed E-state index contributed by atoms with van der Waals surface area (Å²) in [5, 5.41) is 0.622. The number of benzene rings is 2. The van der Waals surface area contributed by atoms with Gasteiger partial charge in [0.2, 0.25) is 5.91 Å². The highest BCUT2D eigenvalue weighted by molar-refractivity contribution is 9.10. The monoisotopic (exact) mass is 436 g/mol. The highest BCUT2D eigenvalue weighted by Crippen LogP contribution is 2.48. The first-order valence-corrected chi connectivity index (χ1v) is 9.36. The number of amides is 2. The summed E-state index contributed by atoms with van der Waals surface area (Å²) in [5.41, 5.74) is 5.26. The van der Waals surface area contributed by atoms with Crippen molar-refractivity contribution in [2.75, 3.05) is 0 Å². The summed E-state index contributed by atoms with van der Waals surface area (Å²) < 4.78 is 6.44. The Morgan fingerprint density at radius 2 is 1.85 bits per heavy atom. The van der Waals surface area contributed by atoms with Crippen molar-refractivity contribution in [1.29, 1.82) is 0 Å². The lowest BCUT2D eigenvalue weighted by molar-refractivity contribution is -0.133. The van der Waals surface area contributed by atoms with Crippen molar-refractivity contribution >= 4 is 39.3 Å². The van der Waals surface area contributed by atoms with Gasteiger partial charge in [-0.15, -0.1) is 0 Å². The van der Waals surface area contributed by atoms with Crippen molar-refractivity contribution in [3.05, 3.63) is 63.6 Å². The molecular formula is C19H18BrClN2O3. The Morgan fingerprint density at radius 1 is 1.15 bits per heavy atom. The summed E-state index contributed by atoms with van der Waals surface area (Å²) in [6, 6.07) is 14.4. The van der Waals surface area contributed by atoms with Crippen LogP contribution < -0.4 is 15.6 Å². The van der Waals surface area contributed by atoms with Crippen molar-refractivity contribution in [2.45, 2.75) is 31.3 Å². The van der Waals surface area contributed by atoms with E-state index in [4.69, 9.17) is 16.3 Å². The van der Waals surface area contributed by atoms with Crippen molar-refractivity contribution in [3.8, 4) is 5.75 Å². The third-order valence-corrected chi connectivity index (χ3v) is 5.10. The molecule has 0 bridgehead atoms. The molecule has 5 nitrogen and oxygen atoms in total. The number of nitrogens with one attached hydrogen (secondary N) is 2. The molecule has 0 aromatic heterocycles. The van der Waals surface area contributed by atoms with Crippen molar-refractivity contribution in [1.82, 2.24) is 10.9 Å². The molecule has 0 aliphatic heterocycles. The average Bonchev–Trinajstić information content (AvgIpc) is 3.42. The molecule has 1 unspecified atom stereocenters. The van der Waals surface area contributed by atoms with Crippen LogP contribution in [-0.2, 0) is 15.0 Å². The SMILES string of the molecule is CC(Oc1cccc(Br)c1)C(=O)NNC(=O)C1(c2ccc(Cl)cc2)CC1. The van der Waals surface area contributed by atoms with Crippen LogP contribution in [0, 0.1) is 0 Å². The van der Waals surface area contributed by atoms with Crippen molar-refractivity contribution in [3.63, 3.8) is 0 Å². The smallest absolute Gasteiger partial charge is 0.279 e. The first kappa shape index (κ1) is 18.7. The number of hydrogen-bond donors (Lipinski definition) is 2. The fourth-order valence-electron chi connectivity index (χ4n) is 2.68. The molecule has 1 aliphatic carbocycles. The van der Waals surface area contributed by atoms with Gasteiger partial charge >= 0.3 is 0 Å². The second kappa shape index (κ2) is 7.68. The average molecular weight is 438 g/mol. The third kappa shape index (κ3) is 4.19. The molecule has 7 heteroatoms. The van der Waals surface area contributed by atoms with E-state index >= 15 is 0 Å². The van der Waals surface area contributed by atoms with Gasteiger partial charge in [-0.05, 0) is 55.7 Å². The van der Waals surface area contributed by atoms with E-state index in [0.717, 1.165) is 22.9 Å². The van der Waals surface area contributed by atoms with E-state index < -0.39 is 17.4 Å². The number of ether oxygens (including phenoxy) is 1. The molecule has 1 saturated carbocycles. The van der Waals surface area contributed by atoms with Crippen LogP contribution >= 0.6 is 27.5 Å². The van der Waals surface area contributed by atoms with E-state index in [1.165, 1.54) is 0 Å². The molecule has 0 spiro atoms. The van der Waals surface area contributed by atoms with Crippen molar-refractivity contribution < 1.29 is 14.3 Å². The van der Waals surface area contributed by atoms with Crippen LogP contribution in [-0.4, -0.2) is 17.9 Å². The zero-order valence-corrected chi connectivity index (χ0v) is 16.4. The predicted octanol–water partition coefficient (Wildman–Crippen LogP) is 3.75. The summed E-state index contributed by atoms with van der Waals surface area (Å²) in [6.45, 7) is 1.62. The molecule has 0 heterocycles. The molecule has 3 rings (SSSR count). The normalized spacial score (nSPS) is 15.7. The predicted molar refractivity (Wildman–Crippen MR) is 103 cm³/mol. The van der Waals surface area contributed by atoms with E-state index in [1.54, 1.807) is 31.2 Å². The van der Waals surface area contributed by atoms with E-state index in [1.807, 2.05) is 24.3 Å². The van der Waals surface area contributed by atoms with E-state index in [9.17, 15) is 9.59 Å². The summed E-state index contributed by atoms with van der Waals surface area (Å²) >= 11 is 9.25. The quantitative estimate of drug-likeness (QED) is 0.700. The first-order valence-electron chi connectivity index (χ1n) is 8.19. The first-order chi connectivity index (χ1) is 12.4. The Balaban J connectivity index is 1.55. The van der Waals surface area contributed by atoms with Crippen LogP contribution in [0.15, 0.2) is 53.0 Å². The lowest BCUT2D eigenvalue weighted by atomic mass is 9.95. The number of carbonyl (C=O) groups excluding carboxylic acids is 2. The summed E-state index contributed by atoms with van der Waals surface area (Å²) in [7, 11) is 0. The minimum atomic E-state index is -0.754. The Kier molecular flexibility index (Phi) is 5.53. The highest BCUT2D eigenvalue weighted by Gasteiger charge is 2.51.